The molecule has 1 saturated heterocycles. The van der Waals surface area contributed by atoms with Crippen molar-refractivity contribution in [1.29, 1.82) is 0 Å². The number of anilines is 1. The predicted molar refractivity (Wildman–Crippen MR) is 78.0 cm³/mol. The summed E-state index contributed by atoms with van der Waals surface area (Å²) < 4.78 is 6.89. The molecule has 6 heteroatoms. The number of nitrogens with one attached hydrogen (secondary N) is 2. The minimum absolute atomic E-state index is 0.0464. The third-order valence-electron chi connectivity index (χ3n) is 2.93. The van der Waals surface area contributed by atoms with Crippen molar-refractivity contribution in [2.45, 2.75) is 6.42 Å². The number of amides is 1. The molecule has 1 amide bonds. The highest BCUT2D eigenvalue weighted by atomic mass is 79.9. The first-order valence-corrected chi connectivity index (χ1v) is 7.25. The van der Waals surface area contributed by atoms with Gasteiger partial charge in [-0.2, -0.15) is 0 Å². The molecule has 1 aliphatic heterocycles. The molecule has 1 fully saturated rings. The number of carbonyl (C=O) groups excluding carboxylic acids is 1. The largest absolute Gasteiger partial charge is 0.495 e. The van der Waals surface area contributed by atoms with Crippen molar-refractivity contribution in [2.24, 2.45) is 5.92 Å². The maximum Gasteiger partial charge on any atom is 0.228 e. The SMILES string of the molecule is COc1cc(NC(=O)C2CCNC2)c(Br)cc1Br. The first kappa shape index (κ1) is 13.8. The van der Waals surface area contributed by atoms with Gasteiger partial charge in [0, 0.05) is 17.1 Å². The molecule has 0 aromatic heterocycles. The number of rotatable bonds is 3. The van der Waals surface area contributed by atoms with Crippen LogP contribution in [0.1, 0.15) is 6.42 Å². The molecule has 1 aromatic rings. The van der Waals surface area contributed by atoms with E-state index in [4.69, 9.17) is 4.74 Å². The molecule has 0 radical (unpaired) electrons. The van der Waals surface area contributed by atoms with E-state index in [1.165, 1.54) is 0 Å². The molecule has 1 aliphatic rings. The van der Waals surface area contributed by atoms with Gasteiger partial charge >= 0.3 is 0 Å². The fraction of sp³-hybridized carbons (Fsp3) is 0.417. The lowest BCUT2D eigenvalue weighted by atomic mass is 10.1. The highest BCUT2D eigenvalue weighted by Crippen LogP contribution is 2.34. The lowest BCUT2D eigenvalue weighted by molar-refractivity contribution is -0.119. The molecule has 4 nitrogen and oxygen atoms in total. The van der Waals surface area contributed by atoms with Crippen molar-refractivity contribution in [3.8, 4) is 5.75 Å². The van der Waals surface area contributed by atoms with Gasteiger partial charge < -0.3 is 15.4 Å². The standard InChI is InChI=1S/C12H14Br2N2O2/c1-18-11-5-10(8(13)4-9(11)14)16-12(17)7-2-3-15-6-7/h4-5,7,15H,2-3,6H2,1H3,(H,16,17). The Morgan fingerprint density at radius 2 is 2.22 bits per heavy atom. The second kappa shape index (κ2) is 6.04. The first-order chi connectivity index (χ1) is 8.61. The van der Waals surface area contributed by atoms with Gasteiger partial charge in [0.15, 0.2) is 0 Å². The average Bonchev–Trinajstić information content (AvgIpc) is 2.86. The zero-order valence-electron chi connectivity index (χ0n) is 9.93. The molecule has 1 aromatic carbocycles. The van der Waals surface area contributed by atoms with Gasteiger partial charge in [0.2, 0.25) is 5.91 Å². The summed E-state index contributed by atoms with van der Waals surface area (Å²) >= 11 is 6.83. The van der Waals surface area contributed by atoms with Gasteiger partial charge in [0.25, 0.3) is 0 Å². The number of ether oxygens (including phenoxy) is 1. The van der Waals surface area contributed by atoms with Gasteiger partial charge in [-0.25, -0.2) is 0 Å². The quantitative estimate of drug-likeness (QED) is 0.851. The molecule has 98 valence electrons. The molecule has 0 spiro atoms. The van der Waals surface area contributed by atoms with Crippen LogP contribution < -0.4 is 15.4 Å². The molecule has 2 N–H and O–H groups in total. The minimum atomic E-state index is 0.0464. The number of carbonyl (C=O) groups is 1. The number of hydrogen-bond acceptors (Lipinski definition) is 3. The Balaban J connectivity index is 2.15. The Hall–Kier alpha value is -0.590. The van der Waals surface area contributed by atoms with Crippen LogP contribution in [0.25, 0.3) is 0 Å². The van der Waals surface area contributed by atoms with Gasteiger partial charge in [-0.15, -0.1) is 0 Å². The fourth-order valence-corrected chi connectivity index (χ4v) is 3.15. The summed E-state index contributed by atoms with van der Waals surface area (Å²) in [6, 6.07) is 3.66. The van der Waals surface area contributed by atoms with Crippen molar-refractivity contribution in [2.75, 3.05) is 25.5 Å². The Morgan fingerprint density at radius 1 is 1.44 bits per heavy atom. The van der Waals surface area contributed by atoms with Crippen LogP contribution in [0.5, 0.6) is 5.75 Å². The van der Waals surface area contributed by atoms with Crippen molar-refractivity contribution < 1.29 is 9.53 Å². The van der Waals surface area contributed by atoms with Gasteiger partial charge in [0.1, 0.15) is 5.75 Å². The summed E-state index contributed by atoms with van der Waals surface area (Å²) in [5, 5.41) is 6.11. The fourth-order valence-electron chi connectivity index (χ4n) is 1.89. The Labute approximate surface area is 123 Å². The van der Waals surface area contributed by atoms with E-state index in [-0.39, 0.29) is 11.8 Å². The number of benzene rings is 1. The van der Waals surface area contributed by atoms with Crippen LogP contribution in [0.2, 0.25) is 0 Å². The highest BCUT2D eigenvalue weighted by molar-refractivity contribution is 9.11. The first-order valence-electron chi connectivity index (χ1n) is 5.66. The summed E-state index contributed by atoms with van der Waals surface area (Å²) in [5.41, 5.74) is 0.729. The minimum Gasteiger partial charge on any atom is -0.495 e. The molecular weight excluding hydrogens is 364 g/mol. The van der Waals surface area contributed by atoms with E-state index in [9.17, 15) is 4.79 Å². The van der Waals surface area contributed by atoms with E-state index in [1.807, 2.05) is 6.07 Å². The topological polar surface area (TPSA) is 50.4 Å². The normalized spacial score (nSPS) is 18.7. The van der Waals surface area contributed by atoms with Crippen molar-refractivity contribution in [3.63, 3.8) is 0 Å². The van der Waals surface area contributed by atoms with Crippen LogP contribution in [-0.2, 0) is 4.79 Å². The second-order valence-electron chi connectivity index (χ2n) is 4.15. The molecular formula is C12H14Br2N2O2. The molecule has 1 unspecified atom stereocenters. The third kappa shape index (κ3) is 3.05. The lowest BCUT2D eigenvalue weighted by Gasteiger charge is -2.13. The summed E-state index contributed by atoms with van der Waals surface area (Å²) in [6.45, 7) is 1.65. The molecule has 0 saturated carbocycles. The molecule has 0 aliphatic carbocycles. The number of hydrogen-bond donors (Lipinski definition) is 2. The summed E-state index contributed by atoms with van der Waals surface area (Å²) in [5.74, 6) is 0.787. The maximum atomic E-state index is 12.0. The lowest BCUT2D eigenvalue weighted by Crippen LogP contribution is -2.24. The second-order valence-corrected chi connectivity index (χ2v) is 5.85. The van der Waals surface area contributed by atoms with Crippen LogP contribution in [0, 0.1) is 5.92 Å². The van der Waals surface area contributed by atoms with Crippen LogP contribution in [0.3, 0.4) is 0 Å². The van der Waals surface area contributed by atoms with E-state index in [0.29, 0.717) is 5.75 Å². The summed E-state index contributed by atoms with van der Waals surface area (Å²) in [6.07, 6.45) is 0.886. The van der Waals surface area contributed by atoms with Crippen molar-refractivity contribution in [1.82, 2.24) is 5.32 Å². The average molecular weight is 378 g/mol. The van der Waals surface area contributed by atoms with E-state index < -0.39 is 0 Å². The molecule has 2 rings (SSSR count). The Morgan fingerprint density at radius 3 is 2.83 bits per heavy atom. The zero-order chi connectivity index (χ0) is 13.1. The Kier molecular flexibility index (Phi) is 4.64. The maximum absolute atomic E-state index is 12.0. The van der Waals surface area contributed by atoms with Gasteiger partial charge in [0.05, 0.1) is 23.2 Å². The van der Waals surface area contributed by atoms with Crippen molar-refractivity contribution in [3.05, 3.63) is 21.1 Å². The van der Waals surface area contributed by atoms with Gasteiger partial charge in [-0.3, -0.25) is 4.79 Å². The van der Waals surface area contributed by atoms with Crippen molar-refractivity contribution >= 4 is 43.5 Å². The number of halogens is 2. The van der Waals surface area contributed by atoms with E-state index in [2.05, 4.69) is 42.5 Å². The smallest absolute Gasteiger partial charge is 0.228 e. The van der Waals surface area contributed by atoms with Gasteiger partial charge in [-0.1, -0.05) is 0 Å². The third-order valence-corrected chi connectivity index (χ3v) is 4.21. The van der Waals surface area contributed by atoms with E-state index >= 15 is 0 Å². The van der Waals surface area contributed by atoms with Crippen LogP contribution >= 0.6 is 31.9 Å². The highest BCUT2D eigenvalue weighted by Gasteiger charge is 2.23. The predicted octanol–water partition coefficient (Wildman–Crippen LogP) is 2.77. The monoisotopic (exact) mass is 376 g/mol. The van der Waals surface area contributed by atoms with Crippen LogP contribution in [0.4, 0.5) is 5.69 Å². The Bertz CT molecular complexity index is 460. The molecule has 1 atom stereocenters. The van der Waals surface area contributed by atoms with Crippen LogP contribution in [-0.4, -0.2) is 26.1 Å². The van der Waals surface area contributed by atoms with E-state index in [1.54, 1.807) is 13.2 Å². The molecule has 0 bridgehead atoms. The summed E-state index contributed by atoms with van der Waals surface area (Å²) in [4.78, 5) is 12.0. The molecule has 1 heterocycles. The van der Waals surface area contributed by atoms with Crippen LogP contribution in [0.15, 0.2) is 21.1 Å². The molecule has 18 heavy (non-hydrogen) atoms. The zero-order valence-corrected chi connectivity index (χ0v) is 13.1. The van der Waals surface area contributed by atoms with E-state index in [0.717, 1.165) is 34.1 Å². The summed E-state index contributed by atoms with van der Waals surface area (Å²) in [7, 11) is 1.60. The van der Waals surface area contributed by atoms with Gasteiger partial charge in [-0.05, 0) is 50.9 Å². The number of methoxy groups -OCH3 is 1.